The van der Waals surface area contributed by atoms with E-state index in [0.717, 1.165) is 24.7 Å². The molecule has 2 aromatic carbocycles. The third-order valence-electron chi connectivity index (χ3n) is 6.21. The maximum atomic E-state index is 13.4. The van der Waals surface area contributed by atoms with Crippen LogP contribution in [0, 0.1) is 0 Å². The second kappa shape index (κ2) is 13.3. The van der Waals surface area contributed by atoms with Gasteiger partial charge in [0.25, 0.3) is 0 Å². The number of rotatable bonds is 14. The lowest BCUT2D eigenvalue weighted by atomic mass is 10.1. The highest BCUT2D eigenvalue weighted by molar-refractivity contribution is 7.92. The minimum Gasteiger partial charge on any atom is -0.454 e. The first-order valence-electron chi connectivity index (χ1n) is 12.7. The van der Waals surface area contributed by atoms with Crippen LogP contribution in [-0.2, 0) is 26.2 Å². The van der Waals surface area contributed by atoms with Crippen LogP contribution < -0.4 is 19.1 Å². The Balaban J connectivity index is 1.72. The van der Waals surface area contributed by atoms with Gasteiger partial charge in [0.1, 0.15) is 6.04 Å². The normalized spacial score (nSPS) is 13.2. The molecule has 1 N–H and O–H groups in total. The minimum atomic E-state index is -3.60. The van der Waals surface area contributed by atoms with E-state index in [1.807, 2.05) is 37.3 Å². The zero-order valence-electron chi connectivity index (χ0n) is 21.8. The Morgan fingerprint density at radius 1 is 1.03 bits per heavy atom. The molecule has 0 saturated carbocycles. The minimum absolute atomic E-state index is 0.0913. The molecule has 0 spiro atoms. The molecule has 202 valence electrons. The number of nitrogens with one attached hydrogen (secondary N) is 1. The summed E-state index contributed by atoms with van der Waals surface area (Å²) in [6, 6.07) is 13.9. The molecule has 37 heavy (non-hydrogen) atoms. The van der Waals surface area contributed by atoms with Crippen molar-refractivity contribution >= 4 is 27.5 Å². The average molecular weight is 532 g/mol. The second-order valence-corrected chi connectivity index (χ2v) is 11.0. The van der Waals surface area contributed by atoms with Gasteiger partial charge in [0.15, 0.2) is 11.5 Å². The molecule has 10 heteroatoms. The number of amides is 2. The van der Waals surface area contributed by atoms with Gasteiger partial charge in [0.05, 0.1) is 11.9 Å². The lowest BCUT2D eigenvalue weighted by molar-refractivity contribution is -0.141. The standard InChI is InChI=1S/C27H37N3O6S/c1-4-6-16-28-27(32)23(5-2)29(19-21-11-8-7-9-12-21)26(31)13-10-17-30(37(3,33)34)22-14-15-24-25(18-22)36-20-35-24/h7-9,11-12,14-15,18,23H,4-6,10,13,16-17,19-20H2,1-3H3,(H,28,32). The number of hydrogen-bond acceptors (Lipinski definition) is 6. The summed E-state index contributed by atoms with van der Waals surface area (Å²) in [5.74, 6) is 0.682. The summed E-state index contributed by atoms with van der Waals surface area (Å²) in [6.07, 6.45) is 3.83. The van der Waals surface area contributed by atoms with Gasteiger partial charge in [0, 0.05) is 32.1 Å². The number of unbranched alkanes of at least 4 members (excludes halogenated alkanes) is 1. The average Bonchev–Trinajstić information content (AvgIpc) is 3.34. The van der Waals surface area contributed by atoms with Crippen LogP contribution in [0.15, 0.2) is 48.5 Å². The molecule has 9 nitrogen and oxygen atoms in total. The number of hydrogen-bond donors (Lipinski definition) is 1. The van der Waals surface area contributed by atoms with Crippen LogP contribution in [0.4, 0.5) is 5.69 Å². The van der Waals surface area contributed by atoms with E-state index in [2.05, 4.69) is 12.2 Å². The van der Waals surface area contributed by atoms with Gasteiger partial charge in [-0.15, -0.1) is 0 Å². The zero-order valence-corrected chi connectivity index (χ0v) is 22.6. The van der Waals surface area contributed by atoms with E-state index in [0.29, 0.717) is 43.1 Å². The number of ether oxygens (including phenoxy) is 2. The summed E-state index contributed by atoms with van der Waals surface area (Å²) >= 11 is 0. The lowest BCUT2D eigenvalue weighted by Gasteiger charge is -2.31. The Bertz CT molecular complexity index is 1160. The molecule has 1 aliphatic rings. The van der Waals surface area contributed by atoms with E-state index in [4.69, 9.17) is 9.47 Å². The molecule has 1 aliphatic heterocycles. The summed E-state index contributed by atoms with van der Waals surface area (Å²) in [7, 11) is -3.60. The van der Waals surface area contributed by atoms with Crippen molar-refractivity contribution in [3.63, 3.8) is 0 Å². The van der Waals surface area contributed by atoms with Crippen LogP contribution in [0.3, 0.4) is 0 Å². The first-order chi connectivity index (χ1) is 17.7. The van der Waals surface area contributed by atoms with Gasteiger partial charge < -0.3 is 19.7 Å². The van der Waals surface area contributed by atoms with E-state index in [-0.39, 0.29) is 31.6 Å². The van der Waals surface area contributed by atoms with E-state index in [9.17, 15) is 18.0 Å². The molecule has 0 aromatic heterocycles. The molecule has 0 radical (unpaired) electrons. The van der Waals surface area contributed by atoms with Crippen molar-refractivity contribution in [2.45, 2.75) is 58.5 Å². The summed E-state index contributed by atoms with van der Waals surface area (Å²) in [6.45, 7) is 5.02. The van der Waals surface area contributed by atoms with Crippen molar-refractivity contribution in [2.75, 3.05) is 30.4 Å². The van der Waals surface area contributed by atoms with Gasteiger partial charge in [-0.1, -0.05) is 50.6 Å². The summed E-state index contributed by atoms with van der Waals surface area (Å²) in [5, 5.41) is 2.95. The molecule has 1 atom stereocenters. The van der Waals surface area contributed by atoms with Gasteiger partial charge in [-0.3, -0.25) is 13.9 Å². The Morgan fingerprint density at radius 2 is 1.76 bits per heavy atom. The molecule has 1 unspecified atom stereocenters. The van der Waals surface area contributed by atoms with Crippen LogP contribution in [0.25, 0.3) is 0 Å². The Morgan fingerprint density at radius 3 is 2.43 bits per heavy atom. The highest BCUT2D eigenvalue weighted by Gasteiger charge is 2.29. The van der Waals surface area contributed by atoms with Crippen molar-refractivity contribution in [3.05, 3.63) is 54.1 Å². The monoisotopic (exact) mass is 531 g/mol. The maximum Gasteiger partial charge on any atom is 0.242 e. The number of nitrogens with zero attached hydrogens (tertiary/aromatic N) is 2. The number of fused-ring (bicyclic) bond motifs is 1. The number of sulfonamides is 1. The third kappa shape index (κ3) is 7.85. The molecule has 3 rings (SSSR count). The highest BCUT2D eigenvalue weighted by Crippen LogP contribution is 2.36. The van der Waals surface area contributed by atoms with Crippen molar-refractivity contribution in [3.8, 4) is 11.5 Å². The molecule has 0 saturated heterocycles. The van der Waals surface area contributed by atoms with Crippen LogP contribution in [0.5, 0.6) is 11.5 Å². The SMILES string of the molecule is CCCCNC(=O)C(CC)N(Cc1ccccc1)C(=O)CCCN(c1ccc2c(c1)OCO2)S(C)(=O)=O. The first kappa shape index (κ1) is 28.3. The molecule has 2 aromatic rings. The molecule has 2 amide bonds. The highest BCUT2D eigenvalue weighted by atomic mass is 32.2. The molecule has 1 heterocycles. The quantitative estimate of drug-likeness (QED) is 0.373. The fraction of sp³-hybridized carbons (Fsp3) is 0.481. The summed E-state index contributed by atoms with van der Waals surface area (Å²) in [5.41, 5.74) is 1.37. The fourth-order valence-corrected chi connectivity index (χ4v) is 5.21. The largest absolute Gasteiger partial charge is 0.454 e. The maximum absolute atomic E-state index is 13.4. The van der Waals surface area contributed by atoms with Gasteiger partial charge in [-0.2, -0.15) is 0 Å². The molecule has 0 aliphatic carbocycles. The first-order valence-corrected chi connectivity index (χ1v) is 14.6. The predicted octanol–water partition coefficient (Wildman–Crippen LogP) is 3.69. The van der Waals surface area contributed by atoms with E-state index < -0.39 is 16.1 Å². The second-order valence-electron chi connectivity index (χ2n) is 9.05. The van der Waals surface area contributed by atoms with Crippen molar-refractivity contribution in [1.29, 1.82) is 0 Å². The van der Waals surface area contributed by atoms with Gasteiger partial charge in [-0.05, 0) is 37.0 Å². The third-order valence-corrected chi connectivity index (χ3v) is 7.40. The Kier molecular flexibility index (Phi) is 10.2. The van der Waals surface area contributed by atoms with Crippen LogP contribution >= 0.6 is 0 Å². The van der Waals surface area contributed by atoms with E-state index >= 15 is 0 Å². The smallest absolute Gasteiger partial charge is 0.242 e. The number of benzene rings is 2. The predicted molar refractivity (Wildman–Crippen MR) is 143 cm³/mol. The Hall–Kier alpha value is -3.27. The zero-order chi connectivity index (χ0) is 26.8. The van der Waals surface area contributed by atoms with Crippen molar-refractivity contribution in [1.82, 2.24) is 10.2 Å². The van der Waals surface area contributed by atoms with Crippen LogP contribution in [0.2, 0.25) is 0 Å². The Labute approximate surface area is 219 Å². The summed E-state index contributed by atoms with van der Waals surface area (Å²) in [4.78, 5) is 28.0. The van der Waals surface area contributed by atoms with Gasteiger partial charge in [-0.25, -0.2) is 8.42 Å². The fourth-order valence-electron chi connectivity index (χ4n) is 4.25. The topological polar surface area (TPSA) is 105 Å². The van der Waals surface area contributed by atoms with Crippen molar-refractivity contribution < 1.29 is 27.5 Å². The van der Waals surface area contributed by atoms with Crippen LogP contribution in [-0.4, -0.2) is 57.3 Å². The van der Waals surface area contributed by atoms with Crippen LogP contribution in [0.1, 0.15) is 51.5 Å². The van der Waals surface area contributed by atoms with E-state index in [1.165, 1.54) is 4.31 Å². The number of carbonyl (C=O) groups excluding carboxylic acids is 2. The number of carbonyl (C=O) groups is 2. The van der Waals surface area contributed by atoms with Gasteiger partial charge >= 0.3 is 0 Å². The lowest BCUT2D eigenvalue weighted by Crippen LogP contribution is -2.49. The van der Waals surface area contributed by atoms with E-state index in [1.54, 1.807) is 23.1 Å². The molecule has 0 bridgehead atoms. The molecular formula is C27H37N3O6S. The van der Waals surface area contributed by atoms with Crippen molar-refractivity contribution in [2.24, 2.45) is 0 Å². The summed E-state index contributed by atoms with van der Waals surface area (Å²) < 4.78 is 37.1. The molecule has 0 fully saturated rings. The molecular weight excluding hydrogens is 494 g/mol. The number of anilines is 1. The van der Waals surface area contributed by atoms with Gasteiger partial charge in [0.2, 0.25) is 28.6 Å².